The largest absolute Gasteiger partial charge is 0.358 e. The molecular formula is C19H30N2O3S. The Bertz CT molecular complexity index is 662. The smallest absolute Gasteiger partial charge is 0.241 e. The Hall–Kier alpha value is -1.40. The number of rotatable bonds is 7. The lowest BCUT2D eigenvalue weighted by atomic mass is 9.84. The van der Waals surface area contributed by atoms with Crippen molar-refractivity contribution >= 4 is 15.9 Å². The molecule has 5 nitrogen and oxygen atoms in total. The maximum Gasteiger partial charge on any atom is 0.241 e. The summed E-state index contributed by atoms with van der Waals surface area (Å²) in [5, 5.41) is 2.53. The second-order valence-electron chi connectivity index (χ2n) is 7.32. The molecule has 1 aromatic rings. The Balaban J connectivity index is 2.13. The molecule has 2 N–H and O–H groups in total. The third kappa shape index (κ3) is 5.54. The van der Waals surface area contributed by atoms with Gasteiger partial charge in [-0.3, -0.25) is 4.79 Å². The van der Waals surface area contributed by atoms with Gasteiger partial charge in [-0.05, 0) is 48.8 Å². The first-order valence-corrected chi connectivity index (χ1v) is 10.7. The summed E-state index contributed by atoms with van der Waals surface area (Å²) in [4.78, 5) is 12.2. The van der Waals surface area contributed by atoms with Crippen LogP contribution in [0.25, 0.3) is 0 Å². The number of hydrogen-bond donors (Lipinski definition) is 2. The first-order valence-electron chi connectivity index (χ1n) is 9.17. The lowest BCUT2D eigenvalue weighted by Gasteiger charge is -2.22. The minimum absolute atomic E-state index is 0.207. The molecule has 140 valence electrons. The lowest BCUT2D eigenvalue weighted by Crippen LogP contribution is -2.46. The van der Waals surface area contributed by atoms with E-state index in [1.54, 1.807) is 12.1 Å². The van der Waals surface area contributed by atoms with E-state index in [1.165, 1.54) is 44.7 Å². The van der Waals surface area contributed by atoms with E-state index >= 15 is 0 Å². The van der Waals surface area contributed by atoms with Crippen LogP contribution < -0.4 is 10.0 Å². The van der Waals surface area contributed by atoms with Crippen LogP contribution in [0.5, 0.6) is 0 Å². The molecule has 1 fully saturated rings. The average Bonchev–Trinajstić information content (AvgIpc) is 2.60. The molecule has 0 aliphatic heterocycles. The first-order chi connectivity index (χ1) is 11.8. The molecule has 25 heavy (non-hydrogen) atoms. The fourth-order valence-corrected chi connectivity index (χ4v) is 4.67. The van der Waals surface area contributed by atoms with Gasteiger partial charge in [0.1, 0.15) is 6.04 Å². The predicted molar refractivity (Wildman–Crippen MR) is 99.9 cm³/mol. The van der Waals surface area contributed by atoms with Gasteiger partial charge in [-0.2, -0.15) is 4.72 Å². The van der Waals surface area contributed by atoms with E-state index in [0.717, 1.165) is 0 Å². The van der Waals surface area contributed by atoms with E-state index < -0.39 is 16.1 Å². The Morgan fingerprint density at radius 1 is 1.12 bits per heavy atom. The summed E-state index contributed by atoms with van der Waals surface area (Å²) in [6.45, 7) is 3.92. The van der Waals surface area contributed by atoms with Crippen molar-refractivity contribution in [2.75, 3.05) is 7.05 Å². The van der Waals surface area contributed by atoms with Crippen molar-refractivity contribution in [3.63, 3.8) is 0 Å². The molecule has 0 saturated heterocycles. The SMILES string of the molecule is CNC(=O)C(CC(C)C)NS(=O)(=O)c1ccc(C2CCCCC2)cc1. The molecule has 1 atom stereocenters. The van der Waals surface area contributed by atoms with Crippen molar-refractivity contribution in [1.82, 2.24) is 10.0 Å². The quantitative estimate of drug-likeness (QED) is 0.778. The van der Waals surface area contributed by atoms with Crippen molar-refractivity contribution in [3.8, 4) is 0 Å². The maximum atomic E-state index is 12.6. The van der Waals surface area contributed by atoms with Crippen LogP contribution in [0.15, 0.2) is 29.2 Å². The molecule has 6 heteroatoms. The van der Waals surface area contributed by atoms with Gasteiger partial charge in [-0.1, -0.05) is 45.2 Å². The van der Waals surface area contributed by atoms with Crippen molar-refractivity contribution < 1.29 is 13.2 Å². The molecule has 2 rings (SSSR count). The minimum atomic E-state index is -3.72. The standard InChI is InChI=1S/C19H30N2O3S/c1-14(2)13-18(19(22)20-3)21-25(23,24)17-11-9-16(10-12-17)15-7-5-4-6-8-15/h9-12,14-15,18,21H,4-8,13H2,1-3H3,(H,20,22). The van der Waals surface area contributed by atoms with E-state index in [2.05, 4.69) is 10.0 Å². The zero-order valence-electron chi connectivity index (χ0n) is 15.4. The molecule has 1 aromatic carbocycles. The zero-order valence-corrected chi connectivity index (χ0v) is 16.2. The Labute approximate surface area is 151 Å². The normalized spacial score (nSPS) is 17.4. The average molecular weight is 367 g/mol. The predicted octanol–water partition coefficient (Wildman–Crippen LogP) is 3.17. The molecule has 0 bridgehead atoms. The number of amides is 1. The fourth-order valence-electron chi connectivity index (χ4n) is 3.46. The summed E-state index contributed by atoms with van der Waals surface area (Å²) in [7, 11) is -2.20. The van der Waals surface area contributed by atoms with Crippen LogP contribution in [0.1, 0.15) is 63.9 Å². The molecule has 1 aliphatic rings. The van der Waals surface area contributed by atoms with Crippen molar-refractivity contribution in [2.24, 2.45) is 5.92 Å². The number of carbonyl (C=O) groups excluding carboxylic acids is 1. The highest BCUT2D eigenvalue weighted by Crippen LogP contribution is 2.32. The van der Waals surface area contributed by atoms with Gasteiger partial charge in [-0.25, -0.2) is 8.42 Å². The number of carbonyl (C=O) groups is 1. The molecule has 0 spiro atoms. The van der Waals surface area contributed by atoms with Crippen molar-refractivity contribution in [1.29, 1.82) is 0 Å². The fraction of sp³-hybridized carbons (Fsp3) is 0.632. The van der Waals surface area contributed by atoms with Gasteiger partial charge >= 0.3 is 0 Å². The Morgan fingerprint density at radius 2 is 1.72 bits per heavy atom. The summed E-state index contributed by atoms with van der Waals surface area (Å²) >= 11 is 0. The van der Waals surface area contributed by atoms with Crippen LogP contribution >= 0.6 is 0 Å². The van der Waals surface area contributed by atoms with E-state index in [1.807, 2.05) is 26.0 Å². The van der Waals surface area contributed by atoms with Crippen LogP contribution in [0.4, 0.5) is 0 Å². The molecule has 0 aromatic heterocycles. The molecule has 0 radical (unpaired) electrons. The highest BCUT2D eigenvalue weighted by molar-refractivity contribution is 7.89. The van der Waals surface area contributed by atoms with Gasteiger partial charge < -0.3 is 5.32 Å². The second kappa shape index (κ2) is 8.81. The van der Waals surface area contributed by atoms with Gasteiger partial charge in [0.25, 0.3) is 0 Å². The number of benzene rings is 1. The molecule has 1 saturated carbocycles. The number of nitrogens with one attached hydrogen (secondary N) is 2. The minimum Gasteiger partial charge on any atom is -0.358 e. The zero-order chi connectivity index (χ0) is 18.4. The summed E-state index contributed by atoms with van der Waals surface area (Å²) in [5.74, 6) is 0.438. The monoisotopic (exact) mass is 366 g/mol. The number of sulfonamides is 1. The van der Waals surface area contributed by atoms with E-state index in [9.17, 15) is 13.2 Å². The van der Waals surface area contributed by atoms with Crippen LogP contribution in [0.3, 0.4) is 0 Å². The van der Waals surface area contributed by atoms with Gasteiger partial charge in [0, 0.05) is 7.05 Å². The maximum absolute atomic E-state index is 12.6. The van der Waals surface area contributed by atoms with Crippen molar-refractivity contribution in [2.45, 2.75) is 69.2 Å². The van der Waals surface area contributed by atoms with Crippen LogP contribution in [-0.4, -0.2) is 27.4 Å². The van der Waals surface area contributed by atoms with Gasteiger partial charge in [0.05, 0.1) is 4.90 Å². The first kappa shape index (κ1) is 19.9. The lowest BCUT2D eigenvalue weighted by molar-refractivity contribution is -0.122. The molecular weight excluding hydrogens is 336 g/mol. The van der Waals surface area contributed by atoms with Crippen LogP contribution in [0, 0.1) is 5.92 Å². The van der Waals surface area contributed by atoms with Crippen LogP contribution in [-0.2, 0) is 14.8 Å². The van der Waals surface area contributed by atoms with Crippen molar-refractivity contribution in [3.05, 3.63) is 29.8 Å². The Kier molecular flexibility index (Phi) is 7.02. The van der Waals surface area contributed by atoms with Gasteiger partial charge in [-0.15, -0.1) is 0 Å². The topological polar surface area (TPSA) is 75.3 Å². The Morgan fingerprint density at radius 3 is 2.24 bits per heavy atom. The summed E-state index contributed by atoms with van der Waals surface area (Å²) in [6.07, 6.45) is 6.60. The molecule has 0 heterocycles. The molecule has 1 aliphatic carbocycles. The van der Waals surface area contributed by atoms with E-state index in [4.69, 9.17) is 0 Å². The number of likely N-dealkylation sites (N-methyl/N-ethyl adjacent to an activating group) is 1. The summed E-state index contributed by atoms with van der Waals surface area (Å²) in [6, 6.07) is 6.39. The highest BCUT2D eigenvalue weighted by atomic mass is 32.2. The molecule has 1 amide bonds. The van der Waals surface area contributed by atoms with E-state index in [-0.39, 0.29) is 16.7 Å². The summed E-state index contributed by atoms with van der Waals surface area (Å²) < 4.78 is 27.8. The van der Waals surface area contributed by atoms with Crippen LogP contribution in [0.2, 0.25) is 0 Å². The van der Waals surface area contributed by atoms with E-state index in [0.29, 0.717) is 12.3 Å². The summed E-state index contributed by atoms with van der Waals surface area (Å²) in [5.41, 5.74) is 1.21. The highest BCUT2D eigenvalue weighted by Gasteiger charge is 2.26. The molecule has 1 unspecified atom stereocenters. The van der Waals surface area contributed by atoms with Gasteiger partial charge in [0.2, 0.25) is 15.9 Å². The third-order valence-electron chi connectivity index (χ3n) is 4.83. The van der Waals surface area contributed by atoms with Gasteiger partial charge in [0.15, 0.2) is 0 Å². The number of hydrogen-bond acceptors (Lipinski definition) is 3. The second-order valence-corrected chi connectivity index (χ2v) is 9.04. The third-order valence-corrected chi connectivity index (χ3v) is 6.32.